The van der Waals surface area contributed by atoms with Crippen LogP contribution in [0.2, 0.25) is 0 Å². The van der Waals surface area contributed by atoms with Crippen LogP contribution >= 0.6 is 0 Å². The molecule has 0 aliphatic carbocycles. The summed E-state index contributed by atoms with van der Waals surface area (Å²) in [6.07, 6.45) is 0.336. The van der Waals surface area contributed by atoms with Crippen LogP contribution in [0.1, 0.15) is 43.5 Å². The molecule has 1 aliphatic rings. The minimum Gasteiger partial charge on any atom is -0.376 e. The first kappa shape index (κ1) is 16.5. The van der Waals surface area contributed by atoms with Crippen LogP contribution in [0.3, 0.4) is 0 Å². The SMILES string of the molecule is CCNC(CN1CC(C)OCC1C)c1ccc(C)c(C)c1. The molecule has 0 saturated carbocycles. The molecule has 118 valence electrons. The predicted octanol–water partition coefficient (Wildman–Crippen LogP) is 3.06. The number of morpholine rings is 1. The fourth-order valence-electron chi connectivity index (χ4n) is 2.98. The maximum Gasteiger partial charge on any atom is 0.0674 e. The zero-order valence-electron chi connectivity index (χ0n) is 14.1. The molecule has 1 N–H and O–H groups in total. The van der Waals surface area contributed by atoms with Crippen LogP contribution in [0.4, 0.5) is 0 Å². The molecule has 0 aromatic heterocycles. The third kappa shape index (κ3) is 4.29. The standard InChI is InChI=1S/C18H30N2O/c1-6-19-18(17-8-7-13(2)14(3)9-17)11-20-10-16(5)21-12-15(20)4/h7-9,15-16,18-19H,6,10-12H2,1-5H3. The Labute approximate surface area is 129 Å². The second-order valence-corrected chi connectivity index (χ2v) is 6.40. The average Bonchev–Trinajstić information content (AvgIpc) is 2.45. The quantitative estimate of drug-likeness (QED) is 0.902. The first-order valence-corrected chi connectivity index (χ1v) is 8.17. The molecule has 1 fully saturated rings. The van der Waals surface area contributed by atoms with E-state index in [1.165, 1.54) is 16.7 Å². The molecule has 3 unspecified atom stereocenters. The Kier molecular flexibility index (Phi) is 5.80. The van der Waals surface area contributed by atoms with Gasteiger partial charge in [0.2, 0.25) is 0 Å². The molecule has 1 aromatic carbocycles. The lowest BCUT2D eigenvalue weighted by Crippen LogP contribution is -2.50. The normalized spacial score (nSPS) is 25.0. The van der Waals surface area contributed by atoms with Crippen molar-refractivity contribution < 1.29 is 4.74 Å². The van der Waals surface area contributed by atoms with Crippen molar-refractivity contribution in [3.05, 3.63) is 34.9 Å². The van der Waals surface area contributed by atoms with E-state index in [0.29, 0.717) is 18.2 Å². The van der Waals surface area contributed by atoms with Crippen LogP contribution in [0.15, 0.2) is 18.2 Å². The predicted molar refractivity (Wildman–Crippen MR) is 88.8 cm³/mol. The topological polar surface area (TPSA) is 24.5 Å². The van der Waals surface area contributed by atoms with Gasteiger partial charge in [0.25, 0.3) is 0 Å². The highest BCUT2D eigenvalue weighted by Gasteiger charge is 2.26. The monoisotopic (exact) mass is 290 g/mol. The van der Waals surface area contributed by atoms with Crippen molar-refractivity contribution >= 4 is 0 Å². The molecule has 0 bridgehead atoms. The highest BCUT2D eigenvalue weighted by atomic mass is 16.5. The molecule has 0 radical (unpaired) electrons. The van der Waals surface area contributed by atoms with E-state index in [0.717, 1.165) is 26.2 Å². The van der Waals surface area contributed by atoms with Gasteiger partial charge in [-0.15, -0.1) is 0 Å². The van der Waals surface area contributed by atoms with E-state index in [-0.39, 0.29) is 0 Å². The Bertz CT molecular complexity index is 461. The molecule has 3 nitrogen and oxygen atoms in total. The van der Waals surface area contributed by atoms with Crippen molar-refractivity contribution in [3.8, 4) is 0 Å². The molecule has 0 spiro atoms. The maximum absolute atomic E-state index is 5.74. The molecule has 21 heavy (non-hydrogen) atoms. The van der Waals surface area contributed by atoms with Crippen LogP contribution < -0.4 is 5.32 Å². The molecule has 3 atom stereocenters. The third-order valence-corrected chi connectivity index (χ3v) is 4.54. The summed E-state index contributed by atoms with van der Waals surface area (Å²) in [4.78, 5) is 2.55. The number of nitrogens with zero attached hydrogens (tertiary/aromatic N) is 1. The second kappa shape index (κ2) is 7.39. The van der Waals surface area contributed by atoms with Gasteiger partial charge in [0.1, 0.15) is 0 Å². The van der Waals surface area contributed by atoms with Crippen molar-refractivity contribution in [1.82, 2.24) is 10.2 Å². The minimum atomic E-state index is 0.336. The van der Waals surface area contributed by atoms with Crippen LogP contribution in [0, 0.1) is 13.8 Å². The van der Waals surface area contributed by atoms with Crippen LogP contribution in [0.5, 0.6) is 0 Å². The fraction of sp³-hybridized carbons (Fsp3) is 0.667. The Hall–Kier alpha value is -0.900. The van der Waals surface area contributed by atoms with Crippen molar-refractivity contribution in [2.75, 3.05) is 26.2 Å². The maximum atomic E-state index is 5.74. The lowest BCUT2D eigenvalue weighted by molar-refractivity contribution is -0.0521. The van der Waals surface area contributed by atoms with Gasteiger partial charge < -0.3 is 10.1 Å². The van der Waals surface area contributed by atoms with Crippen LogP contribution in [0.25, 0.3) is 0 Å². The lowest BCUT2D eigenvalue weighted by atomic mass is 10.00. The third-order valence-electron chi connectivity index (χ3n) is 4.54. The van der Waals surface area contributed by atoms with E-state index in [2.05, 4.69) is 63.0 Å². The van der Waals surface area contributed by atoms with Gasteiger partial charge in [0.05, 0.1) is 12.7 Å². The summed E-state index contributed by atoms with van der Waals surface area (Å²) in [5, 5.41) is 3.65. The molecular weight excluding hydrogens is 260 g/mol. The number of benzene rings is 1. The summed E-state index contributed by atoms with van der Waals surface area (Å²) in [6, 6.07) is 7.72. The molecular formula is C18H30N2O. The van der Waals surface area contributed by atoms with Gasteiger partial charge in [-0.1, -0.05) is 25.1 Å². The van der Waals surface area contributed by atoms with E-state index in [1.54, 1.807) is 0 Å². The summed E-state index contributed by atoms with van der Waals surface area (Å²) in [5.41, 5.74) is 4.13. The summed E-state index contributed by atoms with van der Waals surface area (Å²) in [5.74, 6) is 0. The Morgan fingerprint density at radius 3 is 2.71 bits per heavy atom. The van der Waals surface area contributed by atoms with Crippen LogP contribution in [-0.2, 0) is 4.74 Å². The zero-order chi connectivity index (χ0) is 15.4. The minimum absolute atomic E-state index is 0.336. The van der Waals surface area contributed by atoms with E-state index < -0.39 is 0 Å². The van der Waals surface area contributed by atoms with Gasteiger partial charge >= 0.3 is 0 Å². The largest absolute Gasteiger partial charge is 0.376 e. The Morgan fingerprint density at radius 2 is 2.05 bits per heavy atom. The van der Waals surface area contributed by atoms with E-state index >= 15 is 0 Å². The highest BCUT2D eigenvalue weighted by molar-refractivity contribution is 5.32. The Balaban J connectivity index is 2.12. The number of likely N-dealkylation sites (N-methyl/N-ethyl adjacent to an activating group) is 1. The van der Waals surface area contributed by atoms with Gasteiger partial charge in [-0.25, -0.2) is 0 Å². The molecule has 1 aliphatic heterocycles. The van der Waals surface area contributed by atoms with Gasteiger partial charge in [-0.3, -0.25) is 4.90 Å². The first-order chi connectivity index (χ1) is 10.0. The van der Waals surface area contributed by atoms with Gasteiger partial charge in [0, 0.05) is 25.2 Å². The lowest BCUT2D eigenvalue weighted by Gasteiger charge is -2.39. The number of hydrogen-bond donors (Lipinski definition) is 1. The second-order valence-electron chi connectivity index (χ2n) is 6.40. The van der Waals surface area contributed by atoms with Gasteiger partial charge in [-0.2, -0.15) is 0 Å². The van der Waals surface area contributed by atoms with Crippen molar-refractivity contribution in [3.63, 3.8) is 0 Å². The van der Waals surface area contributed by atoms with E-state index in [9.17, 15) is 0 Å². The summed E-state index contributed by atoms with van der Waals surface area (Å²) in [7, 11) is 0. The Morgan fingerprint density at radius 1 is 1.29 bits per heavy atom. The number of rotatable bonds is 5. The highest BCUT2D eigenvalue weighted by Crippen LogP contribution is 2.21. The van der Waals surface area contributed by atoms with Gasteiger partial charge in [0.15, 0.2) is 0 Å². The van der Waals surface area contributed by atoms with E-state index in [1.807, 2.05) is 0 Å². The van der Waals surface area contributed by atoms with Gasteiger partial charge in [-0.05, 0) is 50.9 Å². The molecule has 3 heteroatoms. The molecule has 1 heterocycles. The van der Waals surface area contributed by atoms with Crippen molar-refractivity contribution in [1.29, 1.82) is 0 Å². The van der Waals surface area contributed by atoms with Crippen molar-refractivity contribution in [2.24, 2.45) is 0 Å². The summed E-state index contributed by atoms with van der Waals surface area (Å²) >= 11 is 0. The number of hydrogen-bond acceptors (Lipinski definition) is 3. The summed E-state index contributed by atoms with van der Waals surface area (Å²) < 4.78 is 5.74. The molecule has 1 saturated heterocycles. The summed E-state index contributed by atoms with van der Waals surface area (Å²) in [6.45, 7) is 14.9. The molecule has 0 amide bonds. The number of aryl methyl sites for hydroxylation is 2. The van der Waals surface area contributed by atoms with E-state index in [4.69, 9.17) is 4.74 Å². The number of ether oxygens (including phenoxy) is 1. The van der Waals surface area contributed by atoms with Crippen molar-refractivity contribution in [2.45, 2.75) is 52.8 Å². The first-order valence-electron chi connectivity index (χ1n) is 8.17. The molecule has 1 aromatic rings. The average molecular weight is 290 g/mol. The molecule has 2 rings (SSSR count). The fourth-order valence-corrected chi connectivity index (χ4v) is 2.98. The zero-order valence-corrected chi connectivity index (χ0v) is 14.1. The van der Waals surface area contributed by atoms with Crippen LogP contribution in [-0.4, -0.2) is 43.3 Å². The smallest absolute Gasteiger partial charge is 0.0674 e. The number of nitrogens with one attached hydrogen (secondary N) is 1.